The highest BCUT2D eigenvalue weighted by Gasteiger charge is 2.11. The molecule has 0 atom stereocenters. The molecule has 0 bridgehead atoms. The smallest absolute Gasteiger partial charge is 0.414 e. The van der Waals surface area contributed by atoms with E-state index < -0.39 is 11.9 Å². The van der Waals surface area contributed by atoms with Gasteiger partial charge in [-0.05, 0) is 30.7 Å². The Morgan fingerprint density at radius 3 is 2.21 bits per heavy atom. The van der Waals surface area contributed by atoms with Crippen molar-refractivity contribution in [2.75, 3.05) is 20.8 Å². The standard InChI is InChI=1S/C17H20N2O4.C2H2O4/c1-22-16-8-7-13(11-17(16)23-2)9-10-18-12-14-5-3-4-6-15(14)19(20)21;3-1(4)2(5)6/h3-8,11,18H,9-10,12H2,1-2H3;(H,3,4)(H,5,6). The highest BCUT2D eigenvalue weighted by atomic mass is 16.6. The lowest BCUT2D eigenvalue weighted by atomic mass is 10.1. The molecule has 2 rings (SSSR count). The number of para-hydroxylation sites is 1. The molecule has 3 N–H and O–H groups in total. The van der Waals surface area contributed by atoms with Crippen LogP contribution in [-0.2, 0) is 22.6 Å². The maximum atomic E-state index is 11.0. The van der Waals surface area contributed by atoms with Crippen molar-refractivity contribution < 1.29 is 34.2 Å². The van der Waals surface area contributed by atoms with Crippen molar-refractivity contribution in [3.8, 4) is 11.5 Å². The number of carboxylic acid groups (broad SMARTS) is 2. The SMILES string of the molecule is COc1ccc(CCNCc2ccccc2[N+](=O)[O-])cc1OC.O=C(O)C(=O)O. The highest BCUT2D eigenvalue weighted by Crippen LogP contribution is 2.27. The summed E-state index contributed by atoms with van der Waals surface area (Å²) >= 11 is 0. The summed E-state index contributed by atoms with van der Waals surface area (Å²) in [5.41, 5.74) is 1.94. The predicted molar refractivity (Wildman–Crippen MR) is 103 cm³/mol. The third kappa shape index (κ3) is 7.85. The summed E-state index contributed by atoms with van der Waals surface area (Å²) < 4.78 is 10.5. The number of ether oxygens (including phenoxy) is 2. The molecule has 0 amide bonds. The molecule has 10 nitrogen and oxygen atoms in total. The molecule has 0 aromatic heterocycles. The fourth-order valence-electron chi connectivity index (χ4n) is 2.33. The van der Waals surface area contributed by atoms with Crippen molar-refractivity contribution in [2.24, 2.45) is 0 Å². The molecule has 0 radical (unpaired) electrons. The summed E-state index contributed by atoms with van der Waals surface area (Å²) in [6, 6.07) is 12.5. The van der Waals surface area contributed by atoms with Gasteiger partial charge in [-0.2, -0.15) is 0 Å². The quantitative estimate of drug-likeness (QED) is 0.259. The van der Waals surface area contributed by atoms with Gasteiger partial charge in [0, 0.05) is 18.2 Å². The van der Waals surface area contributed by atoms with Gasteiger partial charge in [0.1, 0.15) is 0 Å². The minimum atomic E-state index is -1.82. The number of methoxy groups -OCH3 is 2. The second-order valence-electron chi connectivity index (χ2n) is 5.61. The van der Waals surface area contributed by atoms with Crippen LogP contribution in [0.15, 0.2) is 42.5 Å². The van der Waals surface area contributed by atoms with Crippen molar-refractivity contribution in [1.29, 1.82) is 0 Å². The number of aliphatic carboxylic acids is 2. The lowest BCUT2D eigenvalue weighted by molar-refractivity contribution is -0.385. The number of nitro groups is 1. The van der Waals surface area contributed by atoms with Crippen LogP contribution in [0.5, 0.6) is 11.5 Å². The Bertz CT molecular complexity index is 842. The van der Waals surface area contributed by atoms with Gasteiger partial charge in [0.15, 0.2) is 11.5 Å². The lowest BCUT2D eigenvalue weighted by Crippen LogP contribution is -2.17. The number of hydrogen-bond acceptors (Lipinski definition) is 7. The molecule has 0 fully saturated rings. The molecule has 0 aliphatic rings. The molecular formula is C19H22N2O8. The molecule has 0 aliphatic heterocycles. The van der Waals surface area contributed by atoms with Gasteiger partial charge in [-0.15, -0.1) is 0 Å². The maximum absolute atomic E-state index is 11.0. The molecule has 2 aromatic rings. The second-order valence-corrected chi connectivity index (χ2v) is 5.61. The van der Waals surface area contributed by atoms with Crippen molar-refractivity contribution in [1.82, 2.24) is 5.32 Å². The van der Waals surface area contributed by atoms with Crippen LogP contribution >= 0.6 is 0 Å². The topological polar surface area (TPSA) is 148 Å². The van der Waals surface area contributed by atoms with Gasteiger partial charge in [-0.25, -0.2) is 9.59 Å². The van der Waals surface area contributed by atoms with Crippen LogP contribution in [0.4, 0.5) is 5.69 Å². The number of nitrogens with zero attached hydrogens (tertiary/aromatic N) is 1. The first-order chi connectivity index (χ1) is 13.8. The molecule has 0 heterocycles. The average molecular weight is 406 g/mol. The van der Waals surface area contributed by atoms with E-state index in [9.17, 15) is 10.1 Å². The van der Waals surface area contributed by atoms with E-state index in [4.69, 9.17) is 29.3 Å². The maximum Gasteiger partial charge on any atom is 0.414 e. The van der Waals surface area contributed by atoms with E-state index in [1.165, 1.54) is 6.07 Å². The third-order valence-corrected chi connectivity index (χ3v) is 3.73. The Morgan fingerprint density at radius 2 is 1.66 bits per heavy atom. The van der Waals surface area contributed by atoms with Crippen LogP contribution < -0.4 is 14.8 Å². The van der Waals surface area contributed by atoms with Crippen LogP contribution in [0, 0.1) is 10.1 Å². The summed E-state index contributed by atoms with van der Waals surface area (Å²) in [4.78, 5) is 28.8. The molecule has 0 saturated carbocycles. The fraction of sp³-hybridized carbons (Fsp3) is 0.263. The van der Waals surface area contributed by atoms with E-state index in [-0.39, 0.29) is 10.6 Å². The normalized spacial score (nSPS) is 9.72. The lowest BCUT2D eigenvalue weighted by Gasteiger charge is -2.10. The van der Waals surface area contributed by atoms with E-state index in [0.717, 1.165) is 12.0 Å². The van der Waals surface area contributed by atoms with Crippen LogP contribution in [0.3, 0.4) is 0 Å². The van der Waals surface area contributed by atoms with Crippen molar-refractivity contribution in [2.45, 2.75) is 13.0 Å². The predicted octanol–water partition coefficient (Wildman–Crippen LogP) is 2.10. The number of nitrogens with one attached hydrogen (secondary N) is 1. The molecule has 0 aliphatic carbocycles. The van der Waals surface area contributed by atoms with Gasteiger partial charge in [0.2, 0.25) is 0 Å². The molecule has 29 heavy (non-hydrogen) atoms. The molecule has 156 valence electrons. The van der Waals surface area contributed by atoms with Gasteiger partial charge in [0.25, 0.3) is 5.69 Å². The number of carbonyl (C=O) groups is 2. The zero-order valence-corrected chi connectivity index (χ0v) is 16.0. The van der Waals surface area contributed by atoms with Gasteiger partial charge < -0.3 is 25.0 Å². The van der Waals surface area contributed by atoms with Crippen molar-refractivity contribution in [3.63, 3.8) is 0 Å². The summed E-state index contributed by atoms with van der Waals surface area (Å²) in [5, 5.41) is 29.0. The van der Waals surface area contributed by atoms with E-state index in [1.54, 1.807) is 32.4 Å². The monoisotopic (exact) mass is 406 g/mol. The first-order valence-electron chi connectivity index (χ1n) is 8.40. The average Bonchev–Trinajstić information content (AvgIpc) is 2.71. The highest BCUT2D eigenvalue weighted by molar-refractivity contribution is 6.27. The zero-order valence-electron chi connectivity index (χ0n) is 16.0. The van der Waals surface area contributed by atoms with Crippen LogP contribution in [-0.4, -0.2) is 47.8 Å². The van der Waals surface area contributed by atoms with E-state index in [0.29, 0.717) is 30.2 Å². The van der Waals surface area contributed by atoms with E-state index in [2.05, 4.69) is 5.32 Å². The fourth-order valence-corrected chi connectivity index (χ4v) is 2.33. The Hall–Kier alpha value is -3.66. The summed E-state index contributed by atoms with van der Waals surface area (Å²) in [6.07, 6.45) is 0.793. The van der Waals surface area contributed by atoms with E-state index in [1.807, 2.05) is 18.2 Å². The van der Waals surface area contributed by atoms with Crippen molar-refractivity contribution >= 4 is 17.6 Å². The number of hydrogen-bond donors (Lipinski definition) is 3. The molecular weight excluding hydrogens is 384 g/mol. The number of benzene rings is 2. The summed E-state index contributed by atoms with van der Waals surface area (Å²) in [6.45, 7) is 1.17. The Kier molecular flexibility index (Phi) is 9.62. The number of rotatable bonds is 8. The Labute approximate surface area is 166 Å². The number of carboxylic acids is 2. The van der Waals surface area contributed by atoms with Crippen LogP contribution in [0.1, 0.15) is 11.1 Å². The zero-order chi connectivity index (χ0) is 21.8. The van der Waals surface area contributed by atoms with Gasteiger partial charge in [-0.1, -0.05) is 24.3 Å². The molecule has 0 saturated heterocycles. The molecule has 2 aromatic carbocycles. The van der Waals surface area contributed by atoms with Crippen LogP contribution in [0.2, 0.25) is 0 Å². The minimum absolute atomic E-state index is 0.145. The van der Waals surface area contributed by atoms with Gasteiger partial charge in [0.05, 0.1) is 19.1 Å². The van der Waals surface area contributed by atoms with Crippen LogP contribution in [0.25, 0.3) is 0 Å². The largest absolute Gasteiger partial charge is 0.493 e. The first-order valence-corrected chi connectivity index (χ1v) is 8.40. The molecule has 0 spiro atoms. The molecule has 10 heteroatoms. The van der Waals surface area contributed by atoms with Gasteiger partial charge in [-0.3, -0.25) is 10.1 Å². The molecule has 0 unspecified atom stereocenters. The van der Waals surface area contributed by atoms with E-state index >= 15 is 0 Å². The van der Waals surface area contributed by atoms with Crippen molar-refractivity contribution in [3.05, 3.63) is 63.7 Å². The van der Waals surface area contributed by atoms with Gasteiger partial charge >= 0.3 is 11.9 Å². The number of nitro benzene ring substituents is 1. The second kappa shape index (κ2) is 11.9. The summed E-state index contributed by atoms with van der Waals surface area (Å²) in [7, 11) is 3.21. The summed E-state index contributed by atoms with van der Waals surface area (Å²) in [5.74, 6) is -2.25. The third-order valence-electron chi connectivity index (χ3n) is 3.73. The Morgan fingerprint density at radius 1 is 1.03 bits per heavy atom. The minimum Gasteiger partial charge on any atom is -0.493 e. The first kappa shape index (κ1) is 23.4. The Balaban J connectivity index is 0.000000612.